The predicted molar refractivity (Wildman–Crippen MR) is 124 cm³/mol. The number of ether oxygens (including phenoxy) is 1. The average Bonchev–Trinajstić information content (AvgIpc) is 2.76. The third-order valence-corrected chi connectivity index (χ3v) is 5.00. The molecule has 0 saturated carbocycles. The summed E-state index contributed by atoms with van der Waals surface area (Å²) in [6, 6.07) is 17.8. The first-order valence-corrected chi connectivity index (χ1v) is 10.0. The van der Waals surface area contributed by atoms with Crippen molar-refractivity contribution in [3.8, 4) is 22.7 Å². The molecule has 0 fully saturated rings. The van der Waals surface area contributed by atoms with Gasteiger partial charge in [0.25, 0.3) is 5.56 Å². The molecule has 156 valence electrons. The second kappa shape index (κ2) is 8.57. The minimum atomic E-state index is -0.236. The molecule has 2 N–H and O–H groups in total. The van der Waals surface area contributed by atoms with Crippen LogP contribution < -0.4 is 16.0 Å². The first-order chi connectivity index (χ1) is 15.0. The van der Waals surface area contributed by atoms with Gasteiger partial charge in [-0.15, -0.1) is 0 Å². The molecule has 0 spiro atoms. The molecule has 7 nitrogen and oxygen atoms in total. The number of pyridine rings is 2. The molecule has 0 saturated heterocycles. The molecule has 0 unspecified atom stereocenters. The second-order valence-electron chi connectivity index (χ2n) is 6.74. The van der Waals surface area contributed by atoms with Crippen LogP contribution in [0.3, 0.4) is 0 Å². The molecule has 4 aromatic rings. The van der Waals surface area contributed by atoms with Crippen molar-refractivity contribution in [2.75, 3.05) is 19.4 Å². The largest absolute Gasteiger partial charge is 0.478 e. The number of nitrogen functional groups attached to an aromatic ring is 1. The minimum Gasteiger partial charge on any atom is -0.478 e. The van der Waals surface area contributed by atoms with E-state index in [-0.39, 0.29) is 5.56 Å². The van der Waals surface area contributed by atoms with E-state index in [2.05, 4.69) is 15.2 Å². The van der Waals surface area contributed by atoms with E-state index in [4.69, 9.17) is 22.1 Å². The van der Waals surface area contributed by atoms with Crippen molar-refractivity contribution in [2.45, 2.75) is 6.92 Å². The van der Waals surface area contributed by atoms with Crippen LogP contribution in [0, 0.1) is 0 Å². The van der Waals surface area contributed by atoms with Crippen molar-refractivity contribution in [1.29, 1.82) is 0 Å². The highest BCUT2D eigenvalue weighted by molar-refractivity contribution is 6.30. The zero-order valence-corrected chi connectivity index (χ0v) is 17.8. The first-order valence-electron chi connectivity index (χ1n) is 9.67. The van der Waals surface area contributed by atoms with Crippen molar-refractivity contribution in [2.24, 2.45) is 10.2 Å². The molecule has 0 aliphatic carbocycles. The maximum absolute atomic E-state index is 13.7. The van der Waals surface area contributed by atoms with Crippen LogP contribution >= 0.6 is 11.6 Å². The van der Waals surface area contributed by atoms with E-state index < -0.39 is 0 Å². The Hall–Kier alpha value is -3.71. The number of halogens is 1. The fourth-order valence-electron chi connectivity index (χ4n) is 3.34. The Kier molecular flexibility index (Phi) is 5.68. The number of nitrogens with two attached hydrogens (primary N) is 1. The Bertz CT molecular complexity index is 1350. The van der Waals surface area contributed by atoms with Gasteiger partial charge in [-0.25, -0.2) is 0 Å². The number of aromatic nitrogens is 2. The van der Waals surface area contributed by atoms with E-state index in [0.29, 0.717) is 51.3 Å². The smallest absolute Gasteiger partial charge is 0.264 e. The van der Waals surface area contributed by atoms with Crippen LogP contribution in [-0.2, 0) is 0 Å². The molecule has 2 heterocycles. The predicted octanol–water partition coefficient (Wildman–Crippen LogP) is 5.40. The number of fused-ring (bicyclic) bond motifs is 1. The van der Waals surface area contributed by atoms with Crippen LogP contribution in [-0.4, -0.2) is 23.2 Å². The van der Waals surface area contributed by atoms with Crippen LogP contribution in [0.5, 0.6) is 5.88 Å². The van der Waals surface area contributed by atoms with Crippen LogP contribution in [0.25, 0.3) is 27.8 Å². The molecular formula is C23H20ClN5O2. The SMILES string of the molecule is CCOc1ccc2cc(-c3ccc(N)c(N=NC)c3)c(=O)n(-c3ccc(Cl)cc3)c2n1. The Morgan fingerprint density at radius 1 is 1.10 bits per heavy atom. The standard InChI is InChI=1S/C23H20ClN5O2/c1-3-31-21-11-5-15-12-18(14-4-10-19(25)20(13-14)28-26-2)23(30)29(22(15)27-21)17-8-6-16(24)7-9-17/h4-13H,3,25H2,1-2H3. The van der Waals surface area contributed by atoms with Gasteiger partial charge in [0, 0.05) is 29.1 Å². The Balaban J connectivity index is 2.03. The molecule has 0 aliphatic heterocycles. The summed E-state index contributed by atoms with van der Waals surface area (Å²) in [5.74, 6) is 0.447. The number of nitrogens with zero attached hydrogens (tertiary/aromatic N) is 4. The lowest BCUT2D eigenvalue weighted by Crippen LogP contribution is -2.21. The lowest BCUT2D eigenvalue weighted by molar-refractivity contribution is 0.328. The van der Waals surface area contributed by atoms with Crippen LogP contribution in [0.1, 0.15) is 6.92 Å². The fraction of sp³-hybridized carbons (Fsp3) is 0.130. The van der Waals surface area contributed by atoms with E-state index >= 15 is 0 Å². The van der Waals surface area contributed by atoms with Gasteiger partial charge in [0.1, 0.15) is 5.69 Å². The Morgan fingerprint density at radius 2 is 1.87 bits per heavy atom. The lowest BCUT2D eigenvalue weighted by Gasteiger charge is -2.14. The number of hydrogen-bond donors (Lipinski definition) is 1. The summed E-state index contributed by atoms with van der Waals surface area (Å²) in [5, 5.41) is 9.21. The van der Waals surface area contributed by atoms with Gasteiger partial charge in [0.15, 0.2) is 5.65 Å². The highest BCUT2D eigenvalue weighted by Crippen LogP contribution is 2.30. The highest BCUT2D eigenvalue weighted by Gasteiger charge is 2.16. The number of anilines is 1. The summed E-state index contributed by atoms with van der Waals surface area (Å²) in [6.45, 7) is 2.36. The van der Waals surface area contributed by atoms with Crippen LogP contribution in [0.2, 0.25) is 5.02 Å². The molecule has 31 heavy (non-hydrogen) atoms. The zero-order valence-electron chi connectivity index (χ0n) is 17.0. The number of rotatable bonds is 5. The molecule has 0 radical (unpaired) electrons. The zero-order chi connectivity index (χ0) is 22.0. The number of hydrogen-bond acceptors (Lipinski definition) is 6. The summed E-state index contributed by atoms with van der Waals surface area (Å²) in [6.07, 6.45) is 0. The number of benzene rings is 2. The highest BCUT2D eigenvalue weighted by atomic mass is 35.5. The van der Waals surface area contributed by atoms with Gasteiger partial charge in [-0.2, -0.15) is 15.2 Å². The number of azo groups is 1. The van der Waals surface area contributed by atoms with Gasteiger partial charge >= 0.3 is 0 Å². The normalized spacial score (nSPS) is 11.3. The van der Waals surface area contributed by atoms with E-state index in [1.54, 1.807) is 60.1 Å². The third kappa shape index (κ3) is 4.00. The summed E-state index contributed by atoms with van der Waals surface area (Å²) < 4.78 is 7.11. The van der Waals surface area contributed by atoms with Gasteiger partial charge in [-0.1, -0.05) is 17.7 Å². The molecule has 8 heteroatoms. The minimum absolute atomic E-state index is 0.236. The van der Waals surface area contributed by atoms with Crippen LogP contribution in [0.15, 0.2) is 75.7 Å². The van der Waals surface area contributed by atoms with Crippen molar-refractivity contribution in [3.05, 3.63) is 76.0 Å². The molecule has 0 aliphatic rings. The van der Waals surface area contributed by atoms with E-state index in [1.165, 1.54) is 0 Å². The van der Waals surface area contributed by atoms with E-state index in [9.17, 15) is 4.79 Å². The molecule has 0 atom stereocenters. The quantitative estimate of drug-likeness (QED) is 0.336. The van der Waals surface area contributed by atoms with E-state index in [1.807, 2.05) is 19.1 Å². The Morgan fingerprint density at radius 3 is 2.58 bits per heavy atom. The molecular weight excluding hydrogens is 414 g/mol. The third-order valence-electron chi connectivity index (χ3n) is 4.75. The summed E-state index contributed by atoms with van der Waals surface area (Å²) in [5.41, 5.74) is 9.04. The summed E-state index contributed by atoms with van der Waals surface area (Å²) in [4.78, 5) is 18.2. The molecule has 2 aromatic heterocycles. The Labute approximate surface area is 183 Å². The van der Waals surface area contributed by atoms with Gasteiger partial charge < -0.3 is 10.5 Å². The van der Waals surface area contributed by atoms with E-state index in [0.717, 1.165) is 5.39 Å². The summed E-state index contributed by atoms with van der Waals surface area (Å²) in [7, 11) is 1.57. The monoisotopic (exact) mass is 433 g/mol. The van der Waals surface area contributed by atoms with Gasteiger partial charge in [-0.3, -0.25) is 9.36 Å². The molecule has 0 bridgehead atoms. The molecule has 0 amide bonds. The average molecular weight is 434 g/mol. The summed E-state index contributed by atoms with van der Waals surface area (Å²) >= 11 is 6.06. The maximum Gasteiger partial charge on any atom is 0.264 e. The topological polar surface area (TPSA) is 94.9 Å². The van der Waals surface area contributed by atoms with Crippen LogP contribution in [0.4, 0.5) is 11.4 Å². The lowest BCUT2D eigenvalue weighted by atomic mass is 10.0. The van der Waals surface area contributed by atoms with Gasteiger partial charge in [0.05, 0.1) is 18.0 Å². The molecule has 2 aromatic carbocycles. The van der Waals surface area contributed by atoms with Gasteiger partial charge in [0.2, 0.25) is 5.88 Å². The van der Waals surface area contributed by atoms with Crippen molar-refractivity contribution in [3.63, 3.8) is 0 Å². The van der Waals surface area contributed by atoms with Crippen molar-refractivity contribution >= 4 is 34.0 Å². The molecule has 4 rings (SSSR count). The maximum atomic E-state index is 13.7. The fourth-order valence-corrected chi connectivity index (χ4v) is 3.46. The second-order valence-corrected chi connectivity index (χ2v) is 7.18. The van der Waals surface area contributed by atoms with Crippen molar-refractivity contribution < 1.29 is 4.74 Å². The van der Waals surface area contributed by atoms with Gasteiger partial charge in [-0.05, 0) is 61.0 Å². The van der Waals surface area contributed by atoms with Crippen molar-refractivity contribution in [1.82, 2.24) is 9.55 Å². The first kappa shape index (κ1) is 20.6.